The van der Waals surface area contributed by atoms with E-state index in [9.17, 15) is 9.90 Å². The highest BCUT2D eigenvalue weighted by molar-refractivity contribution is 5.95. The monoisotopic (exact) mass is 327 g/mol. The van der Waals surface area contributed by atoms with Gasteiger partial charge in [-0.3, -0.25) is 9.78 Å². The first kappa shape index (κ1) is 15.3. The highest BCUT2D eigenvalue weighted by atomic mass is 16.3. The quantitative estimate of drug-likeness (QED) is 0.878. The topological polar surface area (TPSA) is 92.9 Å². The Balaban J connectivity index is 1.75. The molecule has 2 aliphatic rings. The number of hydrogen-bond donors (Lipinski definition) is 2. The molecule has 0 unspecified atom stereocenters. The molecule has 126 valence electrons. The number of nitrogens with one attached hydrogen (secondary N) is 1. The summed E-state index contributed by atoms with van der Waals surface area (Å²) < 4.78 is 1.78. The Morgan fingerprint density at radius 2 is 2.21 bits per heavy atom. The molecule has 0 saturated heterocycles. The van der Waals surface area contributed by atoms with Gasteiger partial charge >= 0.3 is 0 Å². The molecule has 0 bridgehead atoms. The summed E-state index contributed by atoms with van der Waals surface area (Å²) in [4.78, 5) is 21.4. The lowest BCUT2D eigenvalue weighted by atomic mass is 10.1. The predicted molar refractivity (Wildman–Crippen MR) is 87.1 cm³/mol. The average Bonchev–Trinajstić information content (AvgIpc) is 3.04. The summed E-state index contributed by atoms with van der Waals surface area (Å²) in [6, 6.07) is 0. The van der Waals surface area contributed by atoms with Crippen LogP contribution in [0, 0.1) is 12.8 Å². The van der Waals surface area contributed by atoms with Crippen LogP contribution in [0.1, 0.15) is 53.6 Å². The minimum Gasteiger partial charge on any atom is -0.394 e. The van der Waals surface area contributed by atoms with Crippen LogP contribution >= 0.6 is 0 Å². The van der Waals surface area contributed by atoms with Gasteiger partial charge in [-0.05, 0) is 39.5 Å². The fourth-order valence-corrected chi connectivity index (χ4v) is 3.37. The van der Waals surface area contributed by atoms with E-state index in [2.05, 4.69) is 20.4 Å². The Bertz CT molecular complexity index is 809. The first-order chi connectivity index (χ1) is 11.4. The van der Waals surface area contributed by atoms with Crippen LogP contribution in [-0.2, 0) is 6.42 Å². The number of fused-ring (bicyclic) bond motifs is 3. The van der Waals surface area contributed by atoms with Crippen molar-refractivity contribution in [1.29, 1.82) is 0 Å². The van der Waals surface area contributed by atoms with Crippen molar-refractivity contribution >= 4 is 5.91 Å². The Labute approximate surface area is 140 Å². The van der Waals surface area contributed by atoms with Crippen molar-refractivity contribution in [2.75, 3.05) is 6.61 Å². The number of amides is 1. The second kappa shape index (κ2) is 5.11. The normalized spacial score (nSPS) is 21.3. The molecule has 4 rings (SSSR count). The number of carbonyl (C=O) groups is 1. The maximum atomic E-state index is 12.7. The van der Waals surface area contributed by atoms with E-state index in [-0.39, 0.29) is 12.5 Å². The van der Waals surface area contributed by atoms with Crippen LogP contribution in [0.2, 0.25) is 0 Å². The Morgan fingerprint density at radius 3 is 2.88 bits per heavy atom. The molecule has 0 aliphatic heterocycles. The lowest BCUT2D eigenvalue weighted by Gasteiger charge is -2.23. The first-order valence-electron chi connectivity index (χ1n) is 8.24. The van der Waals surface area contributed by atoms with Crippen molar-refractivity contribution in [3.8, 4) is 5.82 Å². The Morgan fingerprint density at radius 1 is 1.42 bits per heavy atom. The molecule has 1 fully saturated rings. The molecule has 2 aliphatic carbocycles. The van der Waals surface area contributed by atoms with Gasteiger partial charge in [0.1, 0.15) is 0 Å². The number of aromatic nitrogens is 4. The third-order valence-corrected chi connectivity index (χ3v) is 4.81. The molecule has 2 aromatic heterocycles. The van der Waals surface area contributed by atoms with Gasteiger partial charge in [-0.15, -0.1) is 0 Å². The van der Waals surface area contributed by atoms with Gasteiger partial charge in [-0.1, -0.05) is 0 Å². The summed E-state index contributed by atoms with van der Waals surface area (Å²) in [7, 11) is 0. The molecule has 1 saturated carbocycles. The van der Waals surface area contributed by atoms with Gasteiger partial charge in [0.2, 0.25) is 0 Å². The zero-order valence-electron chi connectivity index (χ0n) is 14.1. The molecule has 2 N–H and O–H groups in total. The molecule has 0 spiro atoms. The summed E-state index contributed by atoms with van der Waals surface area (Å²) in [5.74, 6) is 1.50. The van der Waals surface area contributed by atoms with E-state index in [0.29, 0.717) is 23.3 Å². The molecule has 7 heteroatoms. The molecular formula is C17H21N5O2. The van der Waals surface area contributed by atoms with Crippen LogP contribution in [-0.4, -0.2) is 42.9 Å². The van der Waals surface area contributed by atoms with Crippen LogP contribution < -0.4 is 5.32 Å². The van der Waals surface area contributed by atoms with E-state index in [1.54, 1.807) is 30.9 Å². The highest BCUT2D eigenvalue weighted by Crippen LogP contribution is 2.57. The van der Waals surface area contributed by atoms with Gasteiger partial charge in [-0.2, -0.15) is 5.10 Å². The summed E-state index contributed by atoms with van der Waals surface area (Å²) in [6.45, 7) is 5.32. The second-order valence-corrected chi connectivity index (χ2v) is 7.44. The van der Waals surface area contributed by atoms with Gasteiger partial charge in [0.25, 0.3) is 5.91 Å². The summed E-state index contributed by atoms with van der Waals surface area (Å²) in [5.41, 5.74) is 2.73. The van der Waals surface area contributed by atoms with E-state index in [1.165, 1.54) is 0 Å². The van der Waals surface area contributed by atoms with Crippen molar-refractivity contribution in [1.82, 2.24) is 25.1 Å². The van der Waals surface area contributed by atoms with Crippen molar-refractivity contribution in [2.24, 2.45) is 5.92 Å². The largest absolute Gasteiger partial charge is 0.394 e. The van der Waals surface area contributed by atoms with Crippen LogP contribution in [0.5, 0.6) is 0 Å². The van der Waals surface area contributed by atoms with Crippen LogP contribution in [0.4, 0.5) is 0 Å². The fourth-order valence-electron chi connectivity index (χ4n) is 3.37. The second-order valence-electron chi connectivity index (χ2n) is 7.44. The zero-order valence-corrected chi connectivity index (χ0v) is 14.1. The number of aliphatic hydroxyl groups is 1. The lowest BCUT2D eigenvalue weighted by molar-refractivity contribution is 0.0863. The Hall–Kier alpha value is -2.28. The van der Waals surface area contributed by atoms with Gasteiger partial charge in [0.15, 0.2) is 11.5 Å². The molecule has 2 aromatic rings. The predicted octanol–water partition coefficient (Wildman–Crippen LogP) is 1.13. The number of aryl methyl sites for hydroxylation is 1. The lowest BCUT2D eigenvalue weighted by Crippen LogP contribution is -2.46. The third-order valence-electron chi connectivity index (χ3n) is 4.81. The van der Waals surface area contributed by atoms with Crippen LogP contribution in [0.25, 0.3) is 5.82 Å². The van der Waals surface area contributed by atoms with Gasteiger partial charge in [-0.25, -0.2) is 9.67 Å². The van der Waals surface area contributed by atoms with Gasteiger partial charge < -0.3 is 10.4 Å². The number of aliphatic hydroxyl groups excluding tert-OH is 1. The SMILES string of the molecule is Cc1cnc(-n2nc(C(=O)NC(C)(C)CO)c3c2[C@@H]2C[C@@H]2C3)cn1. The third kappa shape index (κ3) is 2.39. The minimum atomic E-state index is -0.682. The summed E-state index contributed by atoms with van der Waals surface area (Å²) >= 11 is 0. The van der Waals surface area contributed by atoms with Crippen LogP contribution in [0.3, 0.4) is 0 Å². The van der Waals surface area contributed by atoms with Gasteiger partial charge in [0, 0.05) is 11.5 Å². The average molecular weight is 327 g/mol. The Kier molecular flexibility index (Phi) is 3.25. The van der Waals surface area contributed by atoms with Gasteiger partial charge in [0.05, 0.1) is 35.9 Å². The molecule has 2 heterocycles. The van der Waals surface area contributed by atoms with E-state index >= 15 is 0 Å². The molecule has 2 atom stereocenters. The van der Waals surface area contributed by atoms with Crippen LogP contribution in [0.15, 0.2) is 12.4 Å². The smallest absolute Gasteiger partial charge is 0.272 e. The van der Waals surface area contributed by atoms with E-state index in [0.717, 1.165) is 29.8 Å². The molecular weight excluding hydrogens is 306 g/mol. The van der Waals surface area contributed by atoms with Crippen molar-refractivity contribution < 1.29 is 9.90 Å². The van der Waals surface area contributed by atoms with Crippen molar-refractivity contribution in [2.45, 2.75) is 45.1 Å². The molecule has 0 radical (unpaired) electrons. The van der Waals surface area contributed by atoms with E-state index < -0.39 is 5.54 Å². The van der Waals surface area contributed by atoms with E-state index in [1.807, 2.05) is 6.92 Å². The molecule has 0 aromatic carbocycles. The van der Waals surface area contributed by atoms with E-state index in [4.69, 9.17) is 0 Å². The first-order valence-corrected chi connectivity index (χ1v) is 8.24. The minimum absolute atomic E-state index is 0.129. The highest BCUT2D eigenvalue weighted by Gasteiger charge is 2.50. The van der Waals surface area contributed by atoms with Crippen molar-refractivity contribution in [3.05, 3.63) is 35.0 Å². The summed E-state index contributed by atoms with van der Waals surface area (Å²) in [5, 5.41) is 16.8. The standard InChI is InChI=1S/C17H21N5O2/c1-9-6-19-13(7-18-9)22-15-11-4-10(11)5-12(15)14(21-22)16(24)20-17(2,3)8-23/h6-7,10-11,23H,4-5,8H2,1-3H3,(H,20,24)/t10-,11-/m1/s1. The number of carbonyl (C=O) groups excluding carboxylic acids is 1. The summed E-state index contributed by atoms with van der Waals surface area (Å²) in [6.07, 6.45) is 5.44. The fraction of sp³-hybridized carbons (Fsp3) is 0.529. The molecule has 24 heavy (non-hydrogen) atoms. The zero-order chi connectivity index (χ0) is 17.1. The van der Waals surface area contributed by atoms with Crippen molar-refractivity contribution in [3.63, 3.8) is 0 Å². The molecule has 1 amide bonds. The number of nitrogens with zero attached hydrogens (tertiary/aromatic N) is 4. The number of rotatable bonds is 4. The maximum Gasteiger partial charge on any atom is 0.272 e. The number of hydrogen-bond acceptors (Lipinski definition) is 5. The molecule has 7 nitrogen and oxygen atoms in total. The maximum absolute atomic E-state index is 12.7.